The number of hydrogen-bond donors (Lipinski definition) is 1. The summed E-state index contributed by atoms with van der Waals surface area (Å²) in [5.41, 5.74) is 0.240. The molecule has 0 spiro atoms. The van der Waals surface area contributed by atoms with E-state index >= 15 is 0 Å². The second kappa shape index (κ2) is 5.96. The molecule has 0 amide bonds. The first kappa shape index (κ1) is 14.4. The highest BCUT2D eigenvalue weighted by atomic mass is 32.2. The summed E-state index contributed by atoms with van der Waals surface area (Å²) in [5, 5.41) is 4.13. The minimum Gasteiger partial charge on any atom is -0.307 e. The highest BCUT2D eigenvalue weighted by Crippen LogP contribution is 2.28. The zero-order chi connectivity index (χ0) is 14.0. The third-order valence-corrected chi connectivity index (χ3v) is 5.10. The maximum absolute atomic E-state index is 11.8. The Hall–Kier alpha value is -1.01. The monoisotopic (exact) mass is 283 g/mol. The van der Waals surface area contributed by atoms with Crippen molar-refractivity contribution < 1.29 is 0 Å². The van der Waals surface area contributed by atoms with Crippen LogP contribution in [0.4, 0.5) is 0 Å². The first-order valence-electron chi connectivity index (χ1n) is 6.56. The van der Waals surface area contributed by atoms with Gasteiger partial charge in [0, 0.05) is 43.7 Å². The number of rotatable bonds is 4. The van der Waals surface area contributed by atoms with E-state index in [0.717, 1.165) is 10.3 Å². The van der Waals surface area contributed by atoms with Crippen LogP contribution in [-0.4, -0.2) is 26.7 Å². The molecule has 1 aliphatic rings. The Bertz CT molecular complexity index is 564. The highest BCUT2D eigenvalue weighted by Gasteiger charge is 2.25. The molecule has 1 aliphatic carbocycles. The normalized spacial score (nSPS) is 22.9. The van der Waals surface area contributed by atoms with Gasteiger partial charge in [0.15, 0.2) is 0 Å². The van der Waals surface area contributed by atoms with Gasteiger partial charge in [0.2, 0.25) is 0 Å². The molecule has 6 heteroatoms. The molecule has 2 rings (SSSR count). The predicted molar refractivity (Wildman–Crippen MR) is 78.7 cm³/mol. The van der Waals surface area contributed by atoms with Gasteiger partial charge in [0.05, 0.1) is 0 Å². The summed E-state index contributed by atoms with van der Waals surface area (Å²) in [7, 11) is 3.21. The van der Waals surface area contributed by atoms with E-state index in [9.17, 15) is 9.59 Å². The van der Waals surface area contributed by atoms with Crippen LogP contribution in [0.25, 0.3) is 0 Å². The molecule has 2 unspecified atom stereocenters. The Morgan fingerprint density at radius 1 is 1.32 bits per heavy atom. The molecule has 1 N–H and O–H groups in total. The Morgan fingerprint density at radius 3 is 2.74 bits per heavy atom. The molecule has 1 aromatic rings. The van der Waals surface area contributed by atoms with Gasteiger partial charge >= 0.3 is 5.69 Å². The summed E-state index contributed by atoms with van der Waals surface area (Å²) in [6, 6.07) is 2.02. The molecule has 0 aromatic carbocycles. The first-order valence-corrected chi connectivity index (χ1v) is 7.85. The molecule has 0 bridgehead atoms. The fourth-order valence-electron chi connectivity index (χ4n) is 2.63. The third kappa shape index (κ3) is 2.95. The zero-order valence-corrected chi connectivity index (χ0v) is 12.5. The molecule has 0 aliphatic heterocycles. The van der Waals surface area contributed by atoms with Gasteiger partial charge in [-0.2, -0.15) is 11.8 Å². The Kier molecular flexibility index (Phi) is 4.52. The lowest BCUT2D eigenvalue weighted by atomic mass is 10.2. The van der Waals surface area contributed by atoms with Crippen LogP contribution in [0.15, 0.2) is 15.7 Å². The Labute approximate surface area is 117 Å². The maximum atomic E-state index is 11.8. The topological polar surface area (TPSA) is 56.0 Å². The number of thioether (sulfide) groups is 1. The van der Waals surface area contributed by atoms with Crippen LogP contribution in [-0.2, 0) is 20.6 Å². The predicted octanol–water partition coefficient (Wildman–Crippen LogP) is 0.458. The van der Waals surface area contributed by atoms with Crippen molar-refractivity contribution in [1.29, 1.82) is 0 Å². The molecule has 1 heterocycles. The number of nitrogens with one attached hydrogen (secondary N) is 1. The molecule has 0 saturated heterocycles. The second-order valence-electron chi connectivity index (χ2n) is 5.07. The number of nitrogens with zero attached hydrogens (tertiary/aromatic N) is 2. The summed E-state index contributed by atoms with van der Waals surface area (Å²) >= 11 is 1.89. The quantitative estimate of drug-likeness (QED) is 0.872. The van der Waals surface area contributed by atoms with Crippen LogP contribution in [0.5, 0.6) is 0 Å². The molecular weight excluding hydrogens is 262 g/mol. The molecular formula is C13H21N3O2S. The van der Waals surface area contributed by atoms with Crippen molar-refractivity contribution in [3.8, 4) is 0 Å². The summed E-state index contributed by atoms with van der Waals surface area (Å²) in [5.74, 6) is 0. The van der Waals surface area contributed by atoms with E-state index in [4.69, 9.17) is 0 Å². The van der Waals surface area contributed by atoms with E-state index in [1.54, 1.807) is 7.05 Å². The van der Waals surface area contributed by atoms with Crippen molar-refractivity contribution in [2.45, 2.75) is 37.1 Å². The van der Waals surface area contributed by atoms with Gasteiger partial charge in [-0.3, -0.25) is 13.9 Å². The standard InChI is InChI=1S/C13H21N3O2S/c1-15-9(7-12(17)16(2)13(15)18)8-14-10-5-4-6-11(10)19-3/h7,10-11,14H,4-6,8H2,1-3H3. The van der Waals surface area contributed by atoms with Crippen molar-refractivity contribution in [1.82, 2.24) is 14.5 Å². The van der Waals surface area contributed by atoms with Crippen molar-refractivity contribution in [2.75, 3.05) is 6.26 Å². The Morgan fingerprint density at radius 2 is 2.05 bits per heavy atom. The molecule has 0 radical (unpaired) electrons. The largest absolute Gasteiger partial charge is 0.330 e. The minimum absolute atomic E-state index is 0.243. The van der Waals surface area contributed by atoms with Crippen LogP contribution >= 0.6 is 11.8 Å². The van der Waals surface area contributed by atoms with Gasteiger partial charge < -0.3 is 5.32 Å². The van der Waals surface area contributed by atoms with Crippen molar-refractivity contribution in [3.05, 3.63) is 32.6 Å². The van der Waals surface area contributed by atoms with E-state index in [0.29, 0.717) is 17.8 Å². The van der Waals surface area contributed by atoms with Crippen LogP contribution in [0.1, 0.15) is 25.0 Å². The Balaban J connectivity index is 2.12. The van der Waals surface area contributed by atoms with Crippen LogP contribution in [0.2, 0.25) is 0 Å². The van der Waals surface area contributed by atoms with Gasteiger partial charge in [-0.15, -0.1) is 0 Å². The fraction of sp³-hybridized carbons (Fsp3) is 0.692. The van der Waals surface area contributed by atoms with Gasteiger partial charge in [-0.1, -0.05) is 6.42 Å². The SMILES string of the molecule is CSC1CCCC1NCc1cc(=O)n(C)c(=O)n1C. The lowest BCUT2D eigenvalue weighted by molar-refractivity contribution is 0.510. The van der Waals surface area contributed by atoms with E-state index in [2.05, 4.69) is 11.6 Å². The van der Waals surface area contributed by atoms with Crippen molar-refractivity contribution in [2.24, 2.45) is 14.1 Å². The summed E-state index contributed by atoms with van der Waals surface area (Å²) in [4.78, 5) is 23.5. The molecule has 1 saturated carbocycles. The molecule has 1 fully saturated rings. The third-order valence-electron chi connectivity index (χ3n) is 3.93. The zero-order valence-electron chi connectivity index (χ0n) is 11.7. The number of hydrogen-bond acceptors (Lipinski definition) is 4. The average Bonchev–Trinajstić information content (AvgIpc) is 2.86. The minimum atomic E-state index is -0.267. The van der Waals surface area contributed by atoms with Crippen LogP contribution in [0, 0.1) is 0 Å². The maximum Gasteiger partial charge on any atom is 0.330 e. The van der Waals surface area contributed by atoms with Gasteiger partial charge in [0.25, 0.3) is 5.56 Å². The first-order chi connectivity index (χ1) is 9.04. The van der Waals surface area contributed by atoms with Crippen molar-refractivity contribution >= 4 is 11.8 Å². The molecule has 106 valence electrons. The average molecular weight is 283 g/mol. The smallest absolute Gasteiger partial charge is 0.307 e. The fourth-order valence-corrected chi connectivity index (χ4v) is 3.59. The second-order valence-corrected chi connectivity index (χ2v) is 6.14. The molecule has 2 atom stereocenters. The summed E-state index contributed by atoms with van der Waals surface area (Å²) in [6.45, 7) is 0.573. The van der Waals surface area contributed by atoms with E-state index in [-0.39, 0.29) is 11.2 Å². The van der Waals surface area contributed by atoms with Gasteiger partial charge in [0.1, 0.15) is 0 Å². The van der Waals surface area contributed by atoms with Gasteiger partial charge in [-0.05, 0) is 19.1 Å². The van der Waals surface area contributed by atoms with Crippen LogP contribution < -0.4 is 16.6 Å². The molecule has 19 heavy (non-hydrogen) atoms. The lowest BCUT2D eigenvalue weighted by Crippen LogP contribution is -2.40. The number of aromatic nitrogens is 2. The van der Waals surface area contributed by atoms with E-state index in [1.165, 1.54) is 36.9 Å². The lowest BCUT2D eigenvalue weighted by Gasteiger charge is -2.20. The summed E-state index contributed by atoms with van der Waals surface area (Å²) < 4.78 is 2.67. The highest BCUT2D eigenvalue weighted by molar-refractivity contribution is 7.99. The van der Waals surface area contributed by atoms with E-state index in [1.807, 2.05) is 11.8 Å². The van der Waals surface area contributed by atoms with Crippen LogP contribution in [0.3, 0.4) is 0 Å². The molecule has 1 aromatic heterocycles. The summed E-state index contributed by atoms with van der Waals surface area (Å²) in [6.07, 6.45) is 5.80. The van der Waals surface area contributed by atoms with E-state index < -0.39 is 0 Å². The molecule has 5 nitrogen and oxygen atoms in total. The van der Waals surface area contributed by atoms with Gasteiger partial charge in [-0.25, -0.2) is 4.79 Å². The van der Waals surface area contributed by atoms with Crippen molar-refractivity contribution in [3.63, 3.8) is 0 Å².